The molecule has 0 saturated heterocycles. The molecule has 1 unspecified atom stereocenters. The number of hydrogen-bond donors (Lipinski definition) is 1. The van der Waals surface area contributed by atoms with Gasteiger partial charge in [0, 0.05) is 13.5 Å². The molecular formula is C11H14N4O3S. The minimum atomic E-state index is -1.02. The summed E-state index contributed by atoms with van der Waals surface area (Å²) >= 11 is 5.27. The Labute approximate surface area is 115 Å². The summed E-state index contributed by atoms with van der Waals surface area (Å²) in [5, 5.41) is 13.6. The molecule has 0 spiro atoms. The minimum Gasteiger partial charge on any atom is -0.380 e. The van der Waals surface area contributed by atoms with Crippen molar-refractivity contribution in [3.8, 4) is 0 Å². The molecule has 0 amide bonds. The summed E-state index contributed by atoms with van der Waals surface area (Å²) in [5.74, 6) is -0.304. The van der Waals surface area contributed by atoms with E-state index in [1.807, 2.05) is 0 Å². The average molecular weight is 282 g/mol. The molecule has 1 atom stereocenters. The molecule has 2 rings (SSSR count). The second kappa shape index (κ2) is 5.04. The van der Waals surface area contributed by atoms with Crippen LogP contribution in [-0.4, -0.2) is 32.3 Å². The summed E-state index contributed by atoms with van der Waals surface area (Å²) < 4.78 is 1.48. The van der Waals surface area contributed by atoms with Crippen molar-refractivity contribution in [2.45, 2.75) is 31.2 Å². The highest BCUT2D eigenvalue weighted by molar-refractivity contribution is 7.80. The van der Waals surface area contributed by atoms with Crippen LogP contribution in [0.25, 0.3) is 0 Å². The summed E-state index contributed by atoms with van der Waals surface area (Å²) in [5.41, 5.74) is -1.02. The zero-order valence-electron chi connectivity index (χ0n) is 10.5. The normalized spacial score (nSPS) is 23.1. The predicted molar refractivity (Wildman–Crippen MR) is 72.0 cm³/mol. The van der Waals surface area contributed by atoms with Crippen LogP contribution in [0.2, 0.25) is 0 Å². The Hall–Kier alpha value is -1.83. The number of rotatable bonds is 3. The lowest BCUT2D eigenvalue weighted by atomic mass is 9.80. The van der Waals surface area contributed by atoms with Gasteiger partial charge in [0.25, 0.3) is 0 Å². The largest absolute Gasteiger partial charge is 0.381 e. The predicted octanol–water partition coefficient (Wildman–Crippen LogP) is 1.18. The van der Waals surface area contributed by atoms with E-state index in [4.69, 9.17) is 12.2 Å². The fourth-order valence-corrected chi connectivity index (χ4v) is 2.79. The van der Waals surface area contributed by atoms with Crippen LogP contribution in [0, 0.1) is 10.1 Å². The van der Waals surface area contributed by atoms with Crippen LogP contribution in [0.3, 0.4) is 0 Å². The van der Waals surface area contributed by atoms with Gasteiger partial charge in [-0.05, 0) is 29.2 Å². The summed E-state index contributed by atoms with van der Waals surface area (Å²) in [6.45, 7) is 0. The summed E-state index contributed by atoms with van der Waals surface area (Å²) in [6.07, 6.45) is 5.22. The SMILES string of the molecule is CNC(=S)C1(n2cnc([N+](=O)[O-])c2)CCCCC1=O. The van der Waals surface area contributed by atoms with Crippen molar-refractivity contribution in [3.63, 3.8) is 0 Å². The van der Waals surface area contributed by atoms with Crippen molar-refractivity contribution >= 4 is 28.8 Å². The van der Waals surface area contributed by atoms with E-state index >= 15 is 0 Å². The van der Waals surface area contributed by atoms with E-state index in [-0.39, 0.29) is 11.6 Å². The van der Waals surface area contributed by atoms with Gasteiger partial charge in [-0.15, -0.1) is 0 Å². The zero-order valence-corrected chi connectivity index (χ0v) is 11.3. The second-order valence-corrected chi connectivity index (χ2v) is 4.87. The molecule has 0 aromatic carbocycles. The van der Waals surface area contributed by atoms with E-state index in [1.165, 1.54) is 17.1 Å². The van der Waals surface area contributed by atoms with Gasteiger partial charge in [-0.25, -0.2) is 0 Å². The van der Waals surface area contributed by atoms with E-state index in [9.17, 15) is 14.9 Å². The molecule has 8 heteroatoms. The van der Waals surface area contributed by atoms with Crippen LogP contribution in [0.1, 0.15) is 25.7 Å². The van der Waals surface area contributed by atoms with Gasteiger partial charge in [0.15, 0.2) is 11.3 Å². The van der Waals surface area contributed by atoms with Gasteiger partial charge in [-0.1, -0.05) is 12.2 Å². The smallest absolute Gasteiger partial charge is 0.380 e. The standard InChI is InChI=1S/C11H14N4O3S/c1-12-10(19)11(5-3-2-4-8(11)16)14-6-9(13-7-14)15(17)18/h6-7H,2-5H2,1H3,(H,12,19). The van der Waals surface area contributed by atoms with Crippen LogP contribution >= 0.6 is 12.2 Å². The van der Waals surface area contributed by atoms with Gasteiger partial charge in [0.1, 0.15) is 11.2 Å². The Kier molecular flexibility index (Phi) is 3.61. The molecule has 1 aromatic heterocycles. The zero-order chi connectivity index (χ0) is 14.0. The third-order valence-corrected chi connectivity index (χ3v) is 4.00. The van der Waals surface area contributed by atoms with Crippen molar-refractivity contribution < 1.29 is 9.72 Å². The van der Waals surface area contributed by atoms with Gasteiger partial charge in [0.05, 0.1) is 0 Å². The molecule has 7 nitrogen and oxygen atoms in total. The Bertz CT molecular complexity index is 532. The molecule has 1 aliphatic rings. The molecule has 0 bridgehead atoms. The Morgan fingerprint density at radius 3 is 2.89 bits per heavy atom. The first-order chi connectivity index (χ1) is 9.02. The number of ketones is 1. The monoisotopic (exact) mass is 282 g/mol. The lowest BCUT2D eigenvalue weighted by Crippen LogP contribution is -2.53. The first-order valence-electron chi connectivity index (χ1n) is 5.96. The number of nitro groups is 1. The third-order valence-electron chi connectivity index (χ3n) is 3.45. The lowest BCUT2D eigenvalue weighted by molar-refractivity contribution is -0.389. The molecule has 1 saturated carbocycles. The number of hydrogen-bond acceptors (Lipinski definition) is 5. The van der Waals surface area contributed by atoms with Crippen LogP contribution < -0.4 is 5.32 Å². The van der Waals surface area contributed by atoms with E-state index in [0.29, 0.717) is 17.8 Å². The molecule has 0 aliphatic heterocycles. The van der Waals surface area contributed by atoms with E-state index in [1.54, 1.807) is 7.05 Å². The molecule has 0 radical (unpaired) electrons. The van der Waals surface area contributed by atoms with Crippen molar-refractivity contribution in [3.05, 3.63) is 22.6 Å². The quantitative estimate of drug-likeness (QED) is 0.508. The topological polar surface area (TPSA) is 90.1 Å². The van der Waals surface area contributed by atoms with E-state index in [0.717, 1.165) is 12.8 Å². The van der Waals surface area contributed by atoms with Crippen LogP contribution in [0.5, 0.6) is 0 Å². The van der Waals surface area contributed by atoms with Crippen molar-refractivity contribution in [1.82, 2.24) is 14.9 Å². The number of Topliss-reactive ketones (excluding diaryl/α,β-unsaturated/α-hetero) is 1. The third kappa shape index (κ3) is 2.12. The molecule has 1 heterocycles. The lowest BCUT2D eigenvalue weighted by Gasteiger charge is -2.36. The molecule has 1 N–H and O–H groups in total. The average Bonchev–Trinajstić information content (AvgIpc) is 2.88. The fraction of sp³-hybridized carbons (Fsp3) is 0.545. The highest BCUT2D eigenvalue weighted by Crippen LogP contribution is 2.34. The van der Waals surface area contributed by atoms with E-state index < -0.39 is 10.5 Å². The van der Waals surface area contributed by atoms with Crippen molar-refractivity contribution in [2.75, 3.05) is 7.05 Å². The number of likely N-dealkylation sites (N-methyl/N-ethyl adjacent to an activating group) is 1. The second-order valence-electron chi connectivity index (χ2n) is 4.47. The maximum Gasteiger partial charge on any atom is 0.381 e. The first-order valence-corrected chi connectivity index (χ1v) is 6.37. The van der Waals surface area contributed by atoms with Gasteiger partial charge in [0.2, 0.25) is 6.33 Å². The summed E-state index contributed by atoms with van der Waals surface area (Å²) in [4.78, 5) is 26.6. The molecule has 1 aromatic rings. The molecule has 1 aliphatic carbocycles. The van der Waals surface area contributed by atoms with Crippen molar-refractivity contribution in [1.29, 1.82) is 0 Å². The van der Waals surface area contributed by atoms with Crippen LogP contribution in [-0.2, 0) is 10.3 Å². The first kappa shape index (κ1) is 13.6. The van der Waals surface area contributed by atoms with Crippen LogP contribution in [0.4, 0.5) is 5.82 Å². The highest BCUT2D eigenvalue weighted by Gasteiger charge is 2.46. The van der Waals surface area contributed by atoms with Crippen molar-refractivity contribution in [2.24, 2.45) is 0 Å². The Morgan fingerprint density at radius 1 is 1.63 bits per heavy atom. The molecule has 102 valence electrons. The maximum atomic E-state index is 12.4. The summed E-state index contributed by atoms with van der Waals surface area (Å²) in [6, 6.07) is 0. The number of carbonyl (C=O) groups excluding carboxylic acids is 1. The Balaban J connectivity index is 2.50. The maximum absolute atomic E-state index is 12.4. The fourth-order valence-electron chi connectivity index (χ4n) is 2.47. The summed E-state index contributed by atoms with van der Waals surface area (Å²) in [7, 11) is 1.65. The number of imidazole rings is 1. The van der Waals surface area contributed by atoms with Gasteiger partial charge < -0.3 is 15.4 Å². The van der Waals surface area contributed by atoms with Gasteiger partial charge >= 0.3 is 5.82 Å². The molecule has 1 fully saturated rings. The van der Waals surface area contributed by atoms with Crippen LogP contribution in [0.15, 0.2) is 12.5 Å². The minimum absolute atomic E-state index is 0.0228. The number of nitrogens with one attached hydrogen (secondary N) is 1. The molecule has 19 heavy (non-hydrogen) atoms. The molecular weight excluding hydrogens is 268 g/mol. The highest BCUT2D eigenvalue weighted by atomic mass is 32.1. The number of carbonyl (C=O) groups is 1. The number of aromatic nitrogens is 2. The van der Waals surface area contributed by atoms with Gasteiger partial charge in [-0.3, -0.25) is 9.36 Å². The number of nitrogens with zero attached hydrogens (tertiary/aromatic N) is 3. The van der Waals surface area contributed by atoms with E-state index in [2.05, 4.69) is 10.3 Å². The van der Waals surface area contributed by atoms with Gasteiger partial charge in [-0.2, -0.15) is 0 Å². The number of thiocarbonyl (C=S) groups is 1. The Morgan fingerprint density at radius 2 is 2.37 bits per heavy atom.